The molecule has 0 bridgehead atoms. The lowest BCUT2D eigenvalue weighted by molar-refractivity contribution is 0.597. The molecule has 0 saturated carbocycles. The molecule has 0 atom stereocenters. The van der Waals surface area contributed by atoms with Crippen molar-refractivity contribution in [1.82, 2.24) is 0 Å². The van der Waals surface area contributed by atoms with Gasteiger partial charge in [-0.05, 0) is 23.6 Å². The van der Waals surface area contributed by atoms with Crippen LogP contribution in [0, 0.1) is 0 Å². The first-order chi connectivity index (χ1) is 9.19. The molecule has 0 spiro atoms. The van der Waals surface area contributed by atoms with E-state index in [1.807, 2.05) is 36.4 Å². The SMILES string of the molecule is O=S(=O)(c1ccccc1)c1cccc2ccccc12. The highest BCUT2D eigenvalue weighted by Crippen LogP contribution is 2.27. The lowest BCUT2D eigenvalue weighted by Crippen LogP contribution is -2.02. The molecule has 0 heterocycles. The number of sulfone groups is 1. The van der Waals surface area contributed by atoms with Crippen LogP contribution in [0.5, 0.6) is 0 Å². The molecule has 3 aromatic carbocycles. The van der Waals surface area contributed by atoms with E-state index in [9.17, 15) is 8.42 Å². The Labute approximate surface area is 112 Å². The second kappa shape index (κ2) is 4.52. The van der Waals surface area contributed by atoms with E-state index in [0.29, 0.717) is 9.79 Å². The molecule has 3 aromatic rings. The first-order valence-electron chi connectivity index (χ1n) is 5.97. The Morgan fingerprint density at radius 3 is 2.05 bits per heavy atom. The highest BCUT2D eigenvalue weighted by Gasteiger charge is 2.19. The van der Waals surface area contributed by atoms with Gasteiger partial charge >= 0.3 is 0 Å². The molecule has 2 nitrogen and oxygen atoms in total. The molecule has 94 valence electrons. The van der Waals surface area contributed by atoms with Gasteiger partial charge in [-0.25, -0.2) is 8.42 Å². The lowest BCUT2D eigenvalue weighted by Gasteiger charge is -2.08. The van der Waals surface area contributed by atoms with Crippen molar-refractivity contribution in [2.24, 2.45) is 0 Å². The zero-order chi connectivity index (χ0) is 13.3. The monoisotopic (exact) mass is 268 g/mol. The lowest BCUT2D eigenvalue weighted by atomic mass is 10.1. The van der Waals surface area contributed by atoms with E-state index in [1.54, 1.807) is 36.4 Å². The molecule has 0 saturated heterocycles. The zero-order valence-electron chi connectivity index (χ0n) is 10.2. The summed E-state index contributed by atoms with van der Waals surface area (Å²) in [6.07, 6.45) is 0. The van der Waals surface area contributed by atoms with Gasteiger partial charge in [0.2, 0.25) is 9.84 Å². The maximum atomic E-state index is 12.6. The van der Waals surface area contributed by atoms with E-state index in [0.717, 1.165) is 10.8 Å². The third-order valence-corrected chi connectivity index (χ3v) is 4.92. The molecule has 0 aliphatic heterocycles. The topological polar surface area (TPSA) is 34.1 Å². The molecule has 0 aliphatic rings. The van der Waals surface area contributed by atoms with Crippen molar-refractivity contribution in [2.45, 2.75) is 9.79 Å². The molecule has 19 heavy (non-hydrogen) atoms. The van der Waals surface area contributed by atoms with Crippen LogP contribution >= 0.6 is 0 Å². The van der Waals surface area contributed by atoms with E-state index in [2.05, 4.69) is 0 Å². The van der Waals surface area contributed by atoms with Crippen molar-refractivity contribution in [1.29, 1.82) is 0 Å². The predicted octanol–water partition coefficient (Wildman–Crippen LogP) is 3.67. The first-order valence-corrected chi connectivity index (χ1v) is 7.46. The van der Waals surface area contributed by atoms with Crippen LogP contribution < -0.4 is 0 Å². The van der Waals surface area contributed by atoms with E-state index in [-0.39, 0.29) is 0 Å². The third-order valence-electron chi connectivity index (χ3n) is 3.09. The molecular formula is C16H12O2S. The van der Waals surface area contributed by atoms with Crippen molar-refractivity contribution in [3.8, 4) is 0 Å². The first kappa shape index (κ1) is 11.9. The van der Waals surface area contributed by atoms with Crippen LogP contribution in [0.25, 0.3) is 10.8 Å². The largest absolute Gasteiger partial charge is 0.218 e. The smallest absolute Gasteiger partial charge is 0.207 e. The van der Waals surface area contributed by atoms with Gasteiger partial charge < -0.3 is 0 Å². The van der Waals surface area contributed by atoms with Crippen molar-refractivity contribution in [3.63, 3.8) is 0 Å². The van der Waals surface area contributed by atoms with Gasteiger partial charge in [0.05, 0.1) is 9.79 Å². The van der Waals surface area contributed by atoms with Crippen LogP contribution in [0.4, 0.5) is 0 Å². The summed E-state index contributed by atoms with van der Waals surface area (Å²) in [5, 5.41) is 1.69. The van der Waals surface area contributed by atoms with Crippen LogP contribution in [-0.2, 0) is 9.84 Å². The Hall–Kier alpha value is -2.13. The van der Waals surface area contributed by atoms with Gasteiger partial charge in [0.1, 0.15) is 0 Å². The van der Waals surface area contributed by atoms with Gasteiger partial charge in [-0.3, -0.25) is 0 Å². The Morgan fingerprint density at radius 2 is 1.26 bits per heavy atom. The van der Waals surface area contributed by atoms with Gasteiger partial charge in [0.25, 0.3) is 0 Å². The summed E-state index contributed by atoms with van der Waals surface area (Å²) < 4.78 is 25.3. The van der Waals surface area contributed by atoms with Gasteiger partial charge in [-0.1, -0.05) is 54.6 Å². The molecule has 0 N–H and O–H groups in total. The Morgan fingerprint density at radius 1 is 0.632 bits per heavy atom. The number of rotatable bonds is 2. The average molecular weight is 268 g/mol. The fourth-order valence-corrected chi connectivity index (χ4v) is 3.66. The highest BCUT2D eigenvalue weighted by atomic mass is 32.2. The molecule has 0 aromatic heterocycles. The Kier molecular flexibility index (Phi) is 2.84. The van der Waals surface area contributed by atoms with Gasteiger partial charge in [-0.2, -0.15) is 0 Å². The minimum absolute atomic E-state index is 0.325. The second-order valence-electron chi connectivity index (χ2n) is 4.29. The molecule has 0 aliphatic carbocycles. The number of benzene rings is 3. The van der Waals surface area contributed by atoms with Crippen LogP contribution in [-0.4, -0.2) is 8.42 Å². The minimum atomic E-state index is -3.47. The van der Waals surface area contributed by atoms with E-state index in [1.165, 1.54) is 0 Å². The van der Waals surface area contributed by atoms with Gasteiger partial charge in [-0.15, -0.1) is 0 Å². The molecular weight excluding hydrogens is 256 g/mol. The number of hydrogen-bond donors (Lipinski definition) is 0. The summed E-state index contributed by atoms with van der Waals surface area (Å²) in [4.78, 5) is 0.683. The minimum Gasteiger partial charge on any atom is -0.218 e. The molecule has 0 unspecified atom stereocenters. The molecule has 3 heteroatoms. The standard InChI is InChI=1S/C16H12O2S/c17-19(18,14-9-2-1-3-10-14)16-12-6-8-13-7-4-5-11-15(13)16/h1-12H. The summed E-state index contributed by atoms with van der Waals surface area (Å²) in [5.41, 5.74) is 0. The normalized spacial score (nSPS) is 11.6. The quantitative estimate of drug-likeness (QED) is 0.710. The fraction of sp³-hybridized carbons (Fsp3) is 0. The second-order valence-corrected chi connectivity index (χ2v) is 6.21. The van der Waals surface area contributed by atoms with E-state index < -0.39 is 9.84 Å². The molecule has 0 amide bonds. The van der Waals surface area contributed by atoms with Crippen LogP contribution in [0.1, 0.15) is 0 Å². The highest BCUT2D eigenvalue weighted by molar-refractivity contribution is 7.91. The maximum Gasteiger partial charge on any atom is 0.207 e. The van der Waals surface area contributed by atoms with Crippen LogP contribution in [0.15, 0.2) is 82.6 Å². The molecule has 0 radical (unpaired) electrons. The Balaban J connectivity index is 2.31. The number of fused-ring (bicyclic) bond motifs is 1. The van der Waals surface area contributed by atoms with Crippen LogP contribution in [0.2, 0.25) is 0 Å². The van der Waals surface area contributed by atoms with Crippen LogP contribution in [0.3, 0.4) is 0 Å². The fourth-order valence-electron chi connectivity index (χ4n) is 2.16. The molecule has 3 rings (SSSR count). The van der Waals surface area contributed by atoms with Crippen molar-refractivity contribution >= 4 is 20.6 Å². The summed E-state index contributed by atoms with van der Waals surface area (Å²) in [6, 6.07) is 21.4. The molecule has 0 fully saturated rings. The summed E-state index contributed by atoms with van der Waals surface area (Å²) in [6.45, 7) is 0. The van der Waals surface area contributed by atoms with Crippen molar-refractivity contribution in [2.75, 3.05) is 0 Å². The summed E-state index contributed by atoms with van der Waals surface area (Å²) >= 11 is 0. The average Bonchev–Trinajstić information content (AvgIpc) is 2.47. The van der Waals surface area contributed by atoms with Crippen molar-refractivity contribution < 1.29 is 8.42 Å². The third kappa shape index (κ3) is 2.02. The van der Waals surface area contributed by atoms with Gasteiger partial charge in [0, 0.05) is 5.39 Å². The predicted molar refractivity (Wildman–Crippen MR) is 75.8 cm³/mol. The van der Waals surface area contributed by atoms with Gasteiger partial charge in [0.15, 0.2) is 0 Å². The summed E-state index contributed by atoms with van der Waals surface area (Å²) in [7, 11) is -3.47. The van der Waals surface area contributed by atoms with Crippen molar-refractivity contribution in [3.05, 3.63) is 72.8 Å². The maximum absolute atomic E-state index is 12.6. The van der Waals surface area contributed by atoms with E-state index in [4.69, 9.17) is 0 Å². The number of hydrogen-bond acceptors (Lipinski definition) is 2. The Bertz CT molecular complexity index is 816. The van der Waals surface area contributed by atoms with E-state index >= 15 is 0 Å². The zero-order valence-corrected chi connectivity index (χ0v) is 11.0. The summed E-state index contributed by atoms with van der Waals surface area (Å²) in [5.74, 6) is 0.